The van der Waals surface area contributed by atoms with Gasteiger partial charge in [0.1, 0.15) is 18.2 Å². The first kappa shape index (κ1) is 42.6. The predicted molar refractivity (Wildman–Crippen MR) is 218 cm³/mol. The highest BCUT2D eigenvalue weighted by molar-refractivity contribution is 8.76. The number of nitrogens with one attached hydrogen (secondary N) is 1. The van der Waals surface area contributed by atoms with Crippen molar-refractivity contribution in [1.82, 2.24) is 5.32 Å². The quantitative estimate of drug-likeness (QED) is 0.0221. The molecular weight excluding hydrogens is 693 g/mol. The summed E-state index contributed by atoms with van der Waals surface area (Å²) >= 11 is 0. The molecule has 9 atom stereocenters. The fraction of sp³-hybridized carbons (Fsp3) is 0.846. The van der Waals surface area contributed by atoms with Crippen LogP contribution < -0.4 is 34.0 Å². The summed E-state index contributed by atoms with van der Waals surface area (Å²) in [7, 11) is 3.07. The molecule has 0 aromatic carbocycles. The summed E-state index contributed by atoms with van der Waals surface area (Å²) in [5, 5.41) is 2.90. The van der Waals surface area contributed by atoms with Gasteiger partial charge in [-0.05, 0) is 98.7 Å². The summed E-state index contributed by atoms with van der Waals surface area (Å²) < 4.78 is 6.03. The minimum Gasteiger partial charge on any atom is -0.461 e. The molecule has 4 aliphatic rings. The van der Waals surface area contributed by atoms with Crippen LogP contribution in [0.15, 0.2) is 21.6 Å². The molecule has 0 aromatic rings. The Hall–Kier alpha value is -2.12. The van der Waals surface area contributed by atoms with Crippen LogP contribution in [0.1, 0.15) is 130 Å². The average Bonchev–Trinajstić information content (AvgIpc) is 3.10. The predicted octanol–water partition coefficient (Wildman–Crippen LogP) is 5.75. The van der Waals surface area contributed by atoms with Crippen LogP contribution >= 0.6 is 21.6 Å². The third-order valence-electron chi connectivity index (χ3n) is 12.9. The first-order valence-corrected chi connectivity index (χ1v) is 22.7. The molecule has 4 rings (SSSR count). The summed E-state index contributed by atoms with van der Waals surface area (Å²) in [5.74, 6) is 3.81. The third kappa shape index (κ3) is 11.9. The lowest BCUT2D eigenvalue weighted by Gasteiger charge is -2.60. The number of rotatable bonds is 20. The normalized spacial score (nSPS) is 30.7. The van der Waals surface area contributed by atoms with Crippen molar-refractivity contribution >= 4 is 45.4 Å². The van der Waals surface area contributed by atoms with Crippen LogP contribution in [0.4, 0.5) is 0 Å². The zero-order valence-electron chi connectivity index (χ0n) is 32.3. The van der Waals surface area contributed by atoms with Gasteiger partial charge in [0.15, 0.2) is 11.9 Å². The van der Waals surface area contributed by atoms with E-state index in [2.05, 4.69) is 42.1 Å². The number of guanidine groups is 2. The fourth-order valence-corrected chi connectivity index (χ4v) is 12.2. The fourth-order valence-electron chi connectivity index (χ4n) is 10.1. The van der Waals surface area contributed by atoms with Gasteiger partial charge in [-0.3, -0.25) is 14.6 Å². The van der Waals surface area contributed by atoms with E-state index in [0.29, 0.717) is 42.9 Å². The molecule has 11 N–H and O–H groups in total. The number of hydrogen-bond donors (Lipinski definition) is 6. The molecule has 4 aliphatic carbocycles. The number of amides is 1. The maximum Gasteiger partial charge on any atom is 0.324 e. The molecule has 52 heavy (non-hydrogen) atoms. The Balaban J connectivity index is 1.15. The molecule has 0 bridgehead atoms. The van der Waals surface area contributed by atoms with E-state index in [1.165, 1.54) is 87.0 Å². The molecule has 0 saturated heterocycles. The molecular formula is C39H70N8O3S2. The Labute approximate surface area is 321 Å². The minimum absolute atomic E-state index is 0.0461. The molecule has 9 unspecified atom stereocenters. The van der Waals surface area contributed by atoms with Crippen molar-refractivity contribution in [3.63, 3.8) is 0 Å². The molecule has 3 fully saturated rings. The van der Waals surface area contributed by atoms with Crippen molar-refractivity contribution in [1.29, 1.82) is 0 Å². The van der Waals surface area contributed by atoms with E-state index < -0.39 is 12.1 Å². The van der Waals surface area contributed by atoms with E-state index in [0.717, 1.165) is 49.4 Å². The molecule has 1 amide bonds. The number of unbranched alkanes of at least 4 members (excludes halogenated alkanes) is 4. The van der Waals surface area contributed by atoms with Crippen LogP contribution in [0, 0.1) is 34.5 Å². The summed E-state index contributed by atoms with van der Waals surface area (Å²) in [6.45, 7) is 8.39. The summed E-state index contributed by atoms with van der Waals surface area (Å²) in [4.78, 5) is 33.7. The van der Waals surface area contributed by atoms with Crippen molar-refractivity contribution in [2.24, 2.45) is 73.2 Å². The van der Waals surface area contributed by atoms with Crippen molar-refractivity contribution in [3.8, 4) is 0 Å². The topological polar surface area (TPSA) is 210 Å². The first-order chi connectivity index (χ1) is 24.9. The van der Waals surface area contributed by atoms with Gasteiger partial charge in [-0.25, -0.2) is 4.99 Å². The van der Waals surface area contributed by atoms with Gasteiger partial charge in [0.05, 0.1) is 0 Å². The Kier molecular flexibility index (Phi) is 16.8. The van der Waals surface area contributed by atoms with Gasteiger partial charge < -0.3 is 38.7 Å². The van der Waals surface area contributed by atoms with Crippen LogP contribution in [-0.2, 0) is 14.3 Å². The number of aliphatic imine (C=N–C) groups is 2. The number of ether oxygens (including phenoxy) is 1. The first-order valence-electron chi connectivity index (χ1n) is 20.2. The average molecular weight is 763 g/mol. The van der Waals surface area contributed by atoms with Gasteiger partial charge in [-0.15, -0.1) is 0 Å². The van der Waals surface area contributed by atoms with E-state index in [1.54, 1.807) is 10.8 Å². The Morgan fingerprint density at radius 2 is 1.79 bits per heavy atom. The van der Waals surface area contributed by atoms with Crippen molar-refractivity contribution in [3.05, 3.63) is 11.6 Å². The summed E-state index contributed by atoms with van der Waals surface area (Å²) in [6, 6.07) is -1.35. The smallest absolute Gasteiger partial charge is 0.324 e. The number of esters is 1. The van der Waals surface area contributed by atoms with Gasteiger partial charge in [0, 0.05) is 31.0 Å². The van der Waals surface area contributed by atoms with E-state index >= 15 is 0 Å². The largest absolute Gasteiger partial charge is 0.461 e. The summed E-state index contributed by atoms with van der Waals surface area (Å²) in [5.41, 5.74) is 30.3. The van der Waals surface area contributed by atoms with Gasteiger partial charge >= 0.3 is 5.97 Å². The molecule has 0 aliphatic heterocycles. The second-order valence-corrected chi connectivity index (χ2v) is 19.3. The van der Waals surface area contributed by atoms with Gasteiger partial charge in [-0.1, -0.05) is 92.5 Å². The molecule has 0 radical (unpaired) electrons. The molecule has 0 aromatic heterocycles. The van der Waals surface area contributed by atoms with Crippen molar-refractivity contribution in [2.75, 3.05) is 24.6 Å². The second-order valence-electron chi connectivity index (χ2n) is 16.6. The van der Waals surface area contributed by atoms with Crippen LogP contribution in [0.2, 0.25) is 0 Å². The molecule has 0 spiro atoms. The lowest BCUT2D eigenvalue weighted by atomic mass is 9.44. The Bertz CT molecular complexity index is 1260. The van der Waals surface area contributed by atoms with Crippen molar-refractivity contribution < 1.29 is 14.3 Å². The lowest BCUT2D eigenvalue weighted by Crippen LogP contribution is -2.52. The van der Waals surface area contributed by atoms with E-state index in [4.69, 9.17) is 33.4 Å². The summed E-state index contributed by atoms with van der Waals surface area (Å²) in [6.07, 6.45) is 22.4. The van der Waals surface area contributed by atoms with Gasteiger partial charge in [0.25, 0.3) is 0 Å². The number of allylic oxidation sites excluding steroid dienone is 1. The molecule has 11 nitrogen and oxygen atoms in total. The van der Waals surface area contributed by atoms with Crippen LogP contribution in [-0.4, -0.2) is 66.6 Å². The molecule has 3 saturated carbocycles. The zero-order valence-corrected chi connectivity index (χ0v) is 33.9. The van der Waals surface area contributed by atoms with E-state index in [-0.39, 0.29) is 35.3 Å². The number of fused-ring (bicyclic) bond motifs is 5. The molecule has 0 heterocycles. The maximum absolute atomic E-state index is 13.0. The van der Waals surface area contributed by atoms with Gasteiger partial charge in [-0.2, -0.15) is 0 Å². The number of carbonyl (C=O) groups excluding carboxylic acids is 2. The number of nitrogens with zero attached hydrogens (tertiary/aromatic N) is 2. The van der Waals surface area contributed by atoms with Crippen molar-refractivity contribution in [2.45, 2.75) is 148 Å². The highest BCUT2D eigenvalue weighted by atomic mass is 33.1. The highest BCUT2D eigenvalue weighted by Crippen LogP contribution is 2.64. The monoisotopic (exact) mass is 763 g/mol. The minimum atomic E-state index is -0.687. The number of carbonyl (C=O) groups is 2. The van der Waals surface area contributed by atoms with Gasteiger partial charge in [0.2, 0.25) is 5.91 Å². The van der Waals surface area contributed by atoms with Crippen LogP contribution in [0.3, 0.4) is 0 Å². The third-order valence-corrected chi connectivity index (χ3v) is 15.3. The zero-order chi connectivity index (χ0) is 37.7. The second kappa shape index (κ2) is 20.5. The Morgan fingerprint density at radius 1 is 0.981 bits per heavy atom. The van der Waals surface area contributed by atoms with Crippen LogP contribution in [0.5, 0.6) is 0 Å². The Morgan fingerprint density at radius 3 is 2.54 bits per heavy atom. The SMILES string of the molecule is CCCCCCC1CCC2C3CC=C4CC(OC(=O)C(N)CSSCCNC(=O)C(CCCCN=C(N)N)N=C(N)N)CCC4(C)C3CCC2(C)C1. The lowest BCUT2D eigenvalue weighted by molar-refractivity contribution is -0.152. The number of nitrogens with two attached hydrogens (primary N) is 5. The maximum atomic E-state index is 13.0. The standard InChI is InChI=1S/C39H70N8O3S2/c1-4-5-6-7-10-26-12-15-30-29-14-13-27-23-28(16-19-39(27,3)31(29)17-18-38(30,2)24-26)50-35(49)32(40)25-52-51-22-21-45-34(48)33(47-37(43)44)11-8-9-20-46-36(41)42/h13,26,28-33H,4-12,14-25,40H2,1-3H3,(H,45,48)(H4,41,42,46)(H4,43,44,47). The van der Waals surface area contributed by atoms with E-state index in [1.807, 2.05) is 0 Å². The number of hydrogen-bond acceptors (Lipinski definition) is 8. The highest BCUT2D eigenvalue weighted by Gasteiger charge is 2.56. The van der Waals surface area contributed by atoms with E-state index in [9.17, 15) is 9.59 Å². The molecule has 296 valence electrons. The molecule has 13 heteroatoms. The van der Waals surface area contributed by atoms with Crippen LogP contribution in [0.25, 0.3) is 0 Å².